The van der Waals surface area contributed by atoms with E-state index in [4.69, 9.17) is 0 Å². The molecule has 0 bridgehead atoms. The fourth-order valence-corrected chi connectivity index (χ4v) is 3.72. The van der Waals surface area contributed by atoms with Crippen LogP contribution in [0.25, 0.3) is 0 Å². The van der Waals surface area contributed by atoms with Gasteiger partial charge in [0.2, 0.25) is 0 Å². The SMILES string of the molecule is CC[C@@H](C)NC(=O)NC(=O)C[NH+]1CC[C@@H]2CCCC[C@@H]2C1. The number of imide groups is 1. The summed E-state index contributed by atoms with van der Waals surface area (Å²) >= 11 is 0. The van der Waals surface area contributed by atoms with Gasteiger partial charge in [-0.2, -0.15) is 0 Å². The lowest BCUT2D eigenvalue weighted by atomic mass is 9.75. The summed E-state index contributed by atoms with van der Waals surface area (Å²) in [5.74, 6) is 1.53. The highest BCUT2D eigenvalue weighted by molar-refractivity contribution is 5.94. The lowest BCUT2D eigenvalue weighted by Gasteiger charge is -2.38. The Balaban J connectivity index is 1.71. The molecule has 0 radical (unpaired) electrons. The standard InChI is InChI=1S/C16H29N3O2/c1-3-12(2)17-16(21)18-15(20)11-19-9-8-13-6-4-5-7-14(13)10-19/h12-14H,3-11H2,1-2H3,(H2,17,18,20,21)/p+1/t12-,13+,14-/m1/s1. The van der Waals surface area contributed by atoms with Crippen LogP contribution in [0.2, 0.25) is 0 Å². The fraction of sp³-hybridized carbons (Fsp3) is 0.875. The summed E-state index contributed by atoms with van der Waals surface area (Å²) in [7, 11) is 0. The maximum absolute atomic E-state index is 12.0. The molecule has 0 spiro atoms. The lowest BCUT2D eigenvalue weighted by Crippen LogP contribution is -3.15. The van der Waals surface area contributed by atoms with E-state index in [0.717, 1.165) is 31.3 Å². The topological polar surface area (TPSA) is 62.6 Å². The van der Waals surface area contributed by atoms with Crippen LogP contribution in [-0.2, 0) is 4.79 Å². The van der Waals surface area contributed by atoms with Gasteiger partial charge in [0.15, 0.2) is 6.54 Å². The van der Waals surface area contributed by atoms with Crippen LogP contribution in [0.3, 0.4) is 0 Å². The molecule has 1 saturated heterocycles. The van der Waals surface area contributed by atoms with Gasteiger partial charge in [-0.05, 0) is 38.5 Å². The second kappa shape index (κ2) is 7.78. The first-order valence-corrected chi connectivity index (χ1v) is 8.52. The van der Waals surface area contributed by atoms with E-state index in [0.29, 0.717) is 6.54 Å². The maximum atomic E-state index is 12.0. The minimum absolute atomic E-state index is 0.100. The smallest absolute Gasteiger partial charge is 0.321 e. The van der Waals surface area contributed by atoms with Crippen LogP contribution in [0.15, 0.2) is 0 Å². The third-order valence-electron chi connectivity index (χ3n) is 5.14. The molecule has 1 heterocycles. The predicted octanol–water partition coefficient (Wildman–Crippen LogP) is 0.706. The van der Waals surface area contributed by atoms with Crippen molar-refractivity contribution in [3.63, 3.8) is 0 Å². The second-order valence-electron chi connectivity index (χ2n) is 6.81. The molecule has 3 N–H and O–H groups in total. The summed E-state index contributed by atoms with van der Waals surface area (Å²) in [5, 5.41) is 5.22. The number of hydrogen-bond acceptors (Lipinski definition) is 2. The molecular formula is C16H30N3O2+. The van der Waals surface area contributed by atoms with Gasteiger partial charge in [0, 0.05) is 12.0 Å². The Morgan fingerprint density at radius 1 is 1.19 bits per heavy atom. The van der Waals surface area contributed by atoms with Crippen LogP contribution >= 0.6 is 0 Å². The number of amides is 3. The van der Waals surface area contributed by atoms with Crippen LogP contribution in [-0.4, -0.2) is 37.6 Å². The van der Waals surface area contributed by atoms with Crippen LogP contribution in [0.1, 0.15) is 52.4 Å². The second-order valence-corrected chi connectivity index (χ2v) is 6.81. The molecular weight excluding hydrogens is 266 g/mol. The van der Waals surface area contributed by atoms with Crippen molar-refractivity contribution in [3.05, 3.63) is 0 Å². The van der Waals surface area contributed by atoms with E-state index < -0.39 is 0 Å². The van der Waals surface area contributed by atoms with Gasteiger partial charge in [0.05, 0.1) is 13.1 Å². The molecule has 120 valence electrons. The first-order valence-electron chi connectivity index (χ1n) is 8.52. The zero-order valence-electron chi connectivity index (χ0n) is 13.4. The third kappa shape index (κ3) is 4.99. The number of piperidine rings is 1. The van der Waals surface area contributed by atoms with Crippen LogP contribution < -0.4 is 15.5 Å². The molecule has 3 amide bonds. The zero-order chi connectivity index (χ0) is 15.2. The first kappa shape index (κ1) is 16.3. The van der Waals surface area contributed by atoms with E-state index in [1.807, 2.05) is 13.8 Å². The number of carbonyl (C=O) groups excluding carboxylic acids is 2. The van der Waals surface area contributed by atoms with Crippen molar-refractivity contribution in [2.24, 2.45) is 11.8 Å². The van der Waals surface area contributed by atoms with Gasteiger partial charge >= 0.3 is 6.03 Å². The van der Waals surface area contributed by atoms with Gasteiger partial charge in [-0.3, -0.25) is 10.1 Å². The van der Waals surface area contributed by atoms with E-state index in [1.54, 1.807) is 0 Å². The number of hydrogen-bond donors (Lipinski definition) is 3. The Morgan fingerprint density at radius 3 is 2.62 bits per heavy atom. The van der Waals surface area contributed by atoms with E-state index in [2.05, 4.69) is 10.6 Å². The van der Waals surface area contributed by atoms with Gasteiger partial charge in [0.25, 0.3) is 5.91 Å². The summed E-state index contributed by atoms with van der Waals surface area (Å²) in [6, 6.07) is -0.260. The normalized spacial score (nSPS) is 30.1. The molecule has 4 atom stereocenters. The highest BCUT2D eigenvalue weighted by Crippen LogP contribution is 2.32. The summed E-state index contributed by atoms with van der Waals surface area (Å²) < 4.78 is 0. The molecule has 5 nitrogen and oxygen atoms in total. The Morgan fingerprint density at radius 2 is 1.90 bits per heavy atom. The van der Waals surface area contributed by atoms with Crippen molar-refractivity contribution < 1.29 is 14.5 Å². The van der Waals surface area contributed by atoms with Crippen molar-refractivity contribution in [2.45, 2.75) is 58.4 Å². The maximum Gasteiger partial charge on any atom is 0.321 e. The molecule has 2 fully saturated rings. The molecule has 1 saturated carbocycles. The average Bonchev–Trinajstić information content (AvgIpc) is 2.46. The fourth-order valence-electron chi connectivity index (χ4n) is 3.72. The van der Waals surface area contributed by atoms with E-state index in [1.165, 1.54) is 37.0 Å². The molecule has 2 rings (SSSR count). The van der Waals surface area contributed by atoms with Crippen molar-refractivity contribution in [2.75, 3.05) is 19.6 Å². The summed E-state index contributed by atoms with van der Waals surface area (Å²) in [6.07, 6.45) is 7.53. The first-order chi connectivity index (χ1) is 10.1. The number of likely N-dealkylation sites (tertiary alicyclic amines) is 1. The molecule has 1 aliphatic carbocycles. The van der Waals surface area contributed by atoms with Gasteiger partial charge < -0.3 is 10.2 Å². The van der Waals surface area contributed by atoms with Crippen molar-refractivity contribution in [1.82, 2.24) is 10.6 Å². The minimum atomic E-state index is -0.360. The zero-order valence-corrected chi connectivity index (χ0v) is 13.4. The van der Waals surface area contributed by atoms with E-state index in [9.17, 15) is 9.59 Å². The molecule has 5 heteroatoms. The largest absolute Gasteiger partial charge is 0.335 e. The van der Waals surface area contributed by atoms with Gasteiger partial charge in [-0.15, -0.1) is 0 Å². The Labute approximate surface area is 127 Å². The minimum Gasteiger partial charge on any atom is -0.335 e. The summed E-state index contributed by atoms with van der Waals surface area (Å²) in [4.78, 5) is 24.9. The van der Waals surface area contributed by atoms with Crippen LogP contribution in [0.5, 0.6) is 0 Å². The van der Waals surface area contributed by atoms with Crippen molar-refractivity contribution >= 4 is 11.9 Å². The highest BCUT2D eigenvalue weighted by Gasteiger charge is 2.34. The Hall–Kier alpha value is -1.10. The lowest BCUT2D eigenvalue weighted by molar-refractivity contribution is -0.902. The Bertz CT molecular complexity index is 373. The Kier molecular flexibility index (Phi) is 6.03. The molecule has 0 aromatic carbocycles. The number of carbonyl (C=O) groups is 2. The molecule has 1 aliphatic heterocycles. The van der Waals surface area contributed by atoms with Crippen LogP contribution in [0, 0.1) is 11.8 Å². The number of rotatable bonds is 4. The predicted molar refractivity (Wildman–Crippen MR) is 82.1 cm³/mol. The number of nitrogens with one attached hydrogen (secondary N) is 3. The summed E-state index contributed by atoms with van der Waals surface area (Å²) in [5.41, 5.74) is 0. The molecule has 2 aliphatic rings. The van der Waals surface area contributed by atoms with Gasteiger partial charge in [-0.1, -0.05) is 19.8 Å². The third-order valence-corrected chi connectivity index (χ3v) is 5.14. The van der Waals surface area contributed by atoms with Crippen molar-refractivity contribution in [1.29, 1.82) is 0 Å². The average molecular weight is 296 g/mol. The molecule has 0 aromatic rings. The van der Waals surface area contributed by atoms with E-state index >= 15 is 0 Å². The number of fused-ring (bicyclic) bond motifs is 1. The van der Waals surface area contributed by atoms with Gasteiger partial charge in [0.1, 0.15) is 0 Å². The van der Waals surface area contributed by atoms with Gasteiger partial charge in [-0.25, -0.2) is 4.79 Å². The molecule has 21 heavy (non-hydrogen) atoms. The van der Waals surface area contributed by atoms with Crippen molar-refractivity contribution in [3.8, 4) is 0 Å². The monoisotopic (exact) mass is 296 g/mol. The number of quaternary nitrogens is 1. The van der Waals surface area contributed by atoms with Crippen LogP contribution in [0.4, 0.5) is 4.79 Å². The molecule has 0 aromatic heterocycles. The quantitative estimate of drug-likeness (QED) is 0.715. The summed E-state index contributed by atoms with van der Waals surface area (Å²) in [6.45, 7) is 6.54. The molecule has 1 unspecified atom stereocenters. The van der Waals surface area contributed by atoms with E-state index in [-0.39, 0.29) is 18.0 Å². The number of urea groups is 1. The highest BCUT2D eigenvalue weighted by atomic mass is 16.2.